The first-order valence-corrected chi connectivity index (χ1v) is 12.9. The number of hydrogen-bond acceptors (Lipinski definition) is 0. The molecule has 0 aromatic heterocycles. The van der Waals surface area contributed by atoms with E-state index in [1.54, 1.807) is 0 Å². The normalized spacial score (nSPS) is 13.1. The third-order valence-corrected chi connectivity index (χ3v) is 7.42. The lowest BCUT2D eigenvalue weighted by Gasteiger charge is -2.15. The Morgan fingerprint density at radius 1 is 0.556 bits per heavy atom. The first-order valence-electron chi connectivity index (χ1n) is 12.9. The average Bonchev–Trinajstić information content (AvgIpc) is 2.93. The van der Waals surface area contributed by atoms with E-state index >= 15 is 0 Å². The minimum Gasteiger partial charge on any atom is -0.0836 e. The Morgan fingerprint density at radius 2 is 1.28 bits per heavy atom. The van der Waals surface area contributed by atoms with E-state index in [0.29, 0.717) is 0 Å². The van der Waals surface area contributed by atoms with E-state index in [2.05, 4.69) is 135 Å². The number of benzene rings is 4. The molecule has 0 fully saturated rings. The summed E-state index contributed by atoms with van der Waals surface area (Å²) in [6.07, 6.45) is 9.16. The fraction of sp³-hybridized carbons (Fsp3) is 0.111. The number of hydrogen-bond donors (Lipinski definition) is 0. The van der Waals surface area contributed by atoms with Crippen molar-refractivity contribution in [2.45, 2.75) is 26.7 Å². The second-order valence-corrected chi connectivity index (χ2v) is 9.76. The largest absolute Gasteiger partial charge is 0.0836 e. The second kappa shape index (κ2) is 9.47. The minimum atomic E-state index is 1.10. The molecule has 0 saturated heterocycles. The molecule has 6 rings (SSSR count). The van der Waals surface area contributed by atoms with Crippen LogP contribution in [0.3, 0.4) is 0 Å². The Hall–Kier alpha value is -4.16. The van der Waals surface area contributed by atoms with Crippen molar-refractivity contribution in [3.05, 3.63) is 138 Å². The Morgan fingerprint density at radius 3 is 2.08 bits per heavy atom. The monoisotopic (exact) mass is 462 g/mol. The van der Waals surface area contributed by atoms with Crippen LogP contribution < -0.4 is 0 Å². The van der Waals surface area contributed by atoms with Crippen molar-refractivity contribution in [1.82, 2.24) is 0 Å². The molecule has 0 heteroatoms. The van der Waals surface area contributed by atoms with Crippen molar-refractivity contribution < 1.29 is 0 Å². The molecule has 0 N–H and O–H groups in total. The van der Waals surface area contributed by atoms with Crippen molar-refractivity contribution in [3.8, 4) is 22.3 Å². The zero-order chi connectivity index (χ0) is 24.5. The Labute approximate surface area is 213 Å². The maximum Gasteiger partial charge on any atom is -0.00733 e. The molecule has 0 spiro atoms. The average molecular weight is 463 g/mol. The molecule has 174 valence electrons. The fourth-order valence-corrected chi connectivity index (χ4v) is 5.52. The van der Waals surface area contributed by atoms with Crippen LogP contribution in [0.4, 0.5) is 0 Å². The molecular formula is C36H30. The maximum absolute atomic E-state index is 2.37. The standard InChI is InChI=1S/C36H30/c1-25-18-19-29-20-21-34-26(2)36(29)33(25)16-10-5-11-17-35(34)32-23-30(27-12-6-3-7-13-27)22-31(24-32)28-14-8-4-9-15-28/h3,5-8,10-24H,4,9H2,1-2H3. The Bertz CT molecular complexity index is 1680. The number of aryl methyl sites for hydroxylation is 2. The van der Waals surface area contributed by atoms with Gasteiger partial charge in [0.05, 0.1) is 0 Å². The summed E-state index contributed by atoms with van der Waals surface area (Å²) in [6, 6.07) is 37.9. The van der Waals surface area contributed by atoms with Crippen LogP contribution >= 0.6 is 0 Å². The van der Waals surface area contributed by atoms with Crippen LogP contribution in [0.15, 0.2) is 121 Å². The molecule has 0 heterocycles. The van der Waals surface area contributed by atoms with Crippen LogP contribution in [0.25, 0.3) is 49.4 Å². The summed E-state index contributed by atoms with van der Waals surface area (Å²) in [6.45, 7) is 4.49. The zero-order valence-corrected chi connectivity index (χ0v) is 21.0. The summed E-state index contributed by atoms with van der Waals surface area (Å²) in [4.78, 5) is 0. The molecule has 5 aromatic carbocycles. The molecule has 0 saturated carbocycles. The highest BCUT2D eigenvalue weighted by Crippen LogP contribution is 2.37. The Kier molecular flexibility index (Phi) is 5.87. The van der Waals surface area contributed by atoms with Gasteiger partial charge in [-0.15, -0.1) is 0 Å². The van der Waals surface area contributed by atoms with Crippen LogP contribution in [0.1, 0.15) is 29.5 Å². The molecule has 36 heavy (non-hydrogen) atoms. The lowest BCUT2D eigenvalue weighted by atomic mass is 9.89. The maximum atomic E-state index is 2.37. The van der Waals surface area contributed by atoms with Gasteiger partial charge < -0.3 is 0 Å². The summed E-state index contributed by atoms with van der Waals surface area (Å²) in [7, 11) is 0. The predicted octanol–water partition coefficient (Wildman–Crippen LogP) is 10.2. The SMILES string of the molecule is Cc1ccc2ccc3c(-c4cc(C5=CCCC=C5)cc(-c5ccccc5)c4)cccccc1c2c3C. The summed E-state index contributed by atoms with van der Waals surface area (Å²) in [5.41, 5.74) is 10.2. The van der Waals surface area contributed by atoms with Crippen LogP contribution in [-0.2, 0) is 0 Å². The summed E-state index contributed by atoms with van der Waals surface area (Å²) < 4.78 is 0. The molecular weight excluding hydrogens is 432 g/mol. The van der Waals surface area contributed by atoms with E-state index in [-0.39, 0.29) is 0 Å². The quantitative estimate of drug-likeness (QED) is 0.250. The third-order valence-electron chi connectivity index (χ3n) is 7.42. The van der Waals surface area contributed by atoms with E-state index in [9.17, 15) is 0 Å². The second-order valence-electron chi connectivity index (χ2n) is 9.76. The highest BCUT2D eigenvalue weighted by Gasteiger charge is 2.12. The molecule has 2 bridgehead atoms. The molecule has 0 atom stereocenters. The predicted molar refractivity (Wildman–Crippen MR) is 157 cm³/mol. The van der Waals surface area contributed by atoms with Crippen molar-refractivity contribution >= 4 is 27.1 Å². The van der Waals surface area contributed by atoms with Crippen molar-refractivity contribution in [2.24, 2.45) is 0 Å². The third kappa shape index (κ3) is 4.10. The molecule has 5 aromatic rings. The fourth-order valence-electron chi connectivity index (χ4n) is 5.52. The van der Waals surface area contributed by atoms with Gasteiger partial charge in [-0.25, -0.2) is 0 Å². The summed E-state index contributed by atoms with van der Waals surface area (Å²) in [5, 5.41) is 5.25. The number of allylic oxidation sites excluding steroid dienone is 4. The van der Waals surface area contributed by atoms with Gasteiger partial charge in [-0.2, -0.15) is 0 Å². The van der Waals surface area contributed by atoms with Crippen molar-refractivity contribution in [3.63, 3.8) is 0 Å². The van der Waals surface area contributed by atoms with Gasteiger partial charge >= 0.3 is 0 Å². The van der Waals surface area contributed by atoms with Gasteiger partial charge in [0, 0.05) is 0 Å². The van der Waals surface area contributed by atoms with Crippen molar-refractivity contribution in [1.29, 1.82) is 0 Å². The van der Waals surface area contributed by atoms with E-state index in [0.717, 1.165) is 12.8 Å². The van der Waals surface area contributed by atoms with Gasteiger partial charge in [0.25, 0.3) is 0 Å². The van der Waals surface area contributed by atoms with Crippen molar-refractivity contribution in [2.75, 3.05) is 0 Å². The van der Waals surface area contributed by atoms with Gasteiger partial charge in [0.1, 0.15) is 0 Å². The summed E-state index contributed by atoms with van der Waals surface area (Å²) in [5.74, 6) is 0. The first kappa shape index (κ1) is 22.3. The van der Waals surface area contributed by atoms with E-state index in [4.69, 9.17) is 0 Å². The van der Waals surface area contributed by atoms with Crippen LogP contribution in [0, 0.1) is 13.8 Å². The van der Waals surface area contributed by atoms with E-state index < -0.39 is 0 Å². The lowest BCUT2D eigenvalue weighted by Crippen LogP contribution is -1.91. The zero-order valence-electron chi connectivity index (χ0n) is 21.0. The smallest absolute Gasteiger partial charge is 0.00733 e. The molecule has 0 amide bonds. The van der Waals surface area contributed by atoms with Gasteiger partial charge in [0.2, 0.25) is 0 Å². The lowest BCUT2D eigenvalue weighted by molar-refractivity contribution is 1.04. The van der Waals surface area contributed by atoms with Gasteiger partial charge in [-0.05, 0) is 111 Å². The molecule has 1 aliphatic rings. The highest BCUT2D eigenvalue weighted by molar-refractivity contribution is 6.07. The van der Waals surface area contributed by atoms with Gasteiger partial charge in [-0.1, -0.05) is 103 Å². The topological polar surface area (TPSA) is 0 Å². The molecule has 1 aliphatic carbocycles. The number of rotatable bonds is 3. The molecule has 0 radical (unpaired) electrons. The van der Waals surface area contributed by atoms with Crippen LogP contribution in [0.5, 0.6) is 0 Å². The van der Waals surface area contributed by atoms with Crippen LogP contribution in [-0.4, -0.2) is 0 Å². The number of fused-ring (bicyclic) bond motifs is 1. The van der Waals surface area contributed by atoms with E-state index in [1.807, 2.05) is 0 Å². The van der Waals surface area contributed by atoms with Crippen LogP contribution in [0.2, 0.25) is 0 Å². The molecule has 0 unspecified atom stereocenters. The minimum absolute atomic E-state index is 1.10. The summed E-state index contributed by atoms with van der Waals surface area (Å²) >= 11 is 0. The van der Waals surface area contributed by atoms with Gasteiger partial charge in [-0.3, -0.25) is 0 Å². The van der Waals surface area contributed by atoms with E-state index in [1.165, 1.54) is 66.1 Å². The van der Waals surface area contributed by atoms with Gasteiger partial charge in [0.15, 0.2) is 0 Å². The first-order chi connectivity index (χ1) is 17.7. The Balaban J connectivity index is 1.68. The molecule has 0 nitrogen and oxygen atoms in total. The highest BCUT2D eigenvalue weighted by atomic mass is 14.2. The molecule has 0 aliphatic heterocycles.